The molecule has 0 spiro atoms. The molecule has 0 aliphatic heterocycles. The Morgan fingerprint density at radius 1 is 1.05 bits per heavy atom. The SMILES string of the molecule is CC(C)CC(C1=CC(C)(C)C(O)(O)C=C1)c1ccccc1. The molecular weight excluding hydrogens is 260 g/mol. The second kappa shape index (κ2) is 5.78. The first kappa shape index (κ1) is 16.0. The van der Waals surface area contributed by atoms with Gasteiger partial charge in [-0.1, -0.05) is 70.2 Å². The third kappa shape index (κ3) is 3.45. The van der Waals surface area contributed by atoms with Crippen LogP contribution in [0, 0.1) is 11.3 Å². The van der Waals surface area contributed by atoms with Crippen molar-refractivity contribution in [3.63, 3.8) is 0 Å². The topological polar surface area (TPSA) is 40.5 Å². The molecule has 0 bridgehead atoms. The van der Waals surface area contributed by atoms with E-state index in [1.54, 1.807) is 0 Å². The highest BCUT2D eigenvalue weighted by atomic mass is 16.5. The standard InChI is InChI=1S/C19H26O2/c1-14(2)12-17(15-8-6-5-7-9-15)16-10-11-19(20,21)18(3,4)13-16/h5-11,13-14,17,20-21H,12H2,1-4H3. The fraction of sp³-hybridized carbons (Fsp3) is 0.474. The van der Waals surface area contributed by atoms with Crippen molar-refractivity contribution in [2.75, 3.05) is 0 Å². The van der Waals surface area contributed by atoms with Crippen molar-refractivity contribution in [3.8, 4) is 0 Å². The molecule has 0 saturated heterocycles. The van der Waals surface area contributed by atoms with Crippen LogP contribution in [-0.2, 0) is 0 Å². The van der Waals surface area contributed by atoms with Gasteiger partial charge < -0.3 is 10.2 Å². The first-order valence-corrected chi connectivity index (χ1v) is 7.64. The second-order valence-corrected chi connectivity index (χ2v) is 7.02. The molecule has 1 atom stereocenters. The van der Waals surface area contributed by atoms with Crippen LogP contribution >= 0.6 is 0 Å². The number of hydrogen-bond acceptors (Lipinski definition) is 2. The normalized spacial score (nSPS) is 21.2. The first-order valence-electron chi connectivity index (χ1n) is 7.64. The van der Waals surface area contributed by atoms with Gasteiger partial charge in [0.2, 0.25) is 0 Å². The fourth-order valence-corrected chi connectivity index (χ4v) is 2.84. The summed E-state index contributed by atoms with van der Waals surface area (Å²) in [5.41, 5.74) is 1.75. The van der Waals surface area contributed by atoms with Crippen LogP contribution in [0.15, 0.2) is 54.1 Å². The Kier molecular flexibility index (Phi) is 4.40. The zero-order valence-corrected chi connectivity index (χ0v) is 13.4. The monoisotopic (exact) mass is 286 g/mol. The van der Waals surface area contributed by atoms with E-state index in [0.29, 0.717) is 5.92 Å². The molecule has 0 amide bonds. The molecule has 0 saturated carbocycles. The second-order valence-electron chi connectivity index (χ2n) is 7.02. The fourth-order valence-electron chi connectivity index (χ4n) is 2.84. The van der Waals surface area contributed by atoms with Gasteiger partial charge in [-0.25, -0.2) is 0 Å². The predicted molar refractivity (Wildman–Crippen MR) is 86.8 cm³/mol. The Bertz CT molecular complexity index is 536. The van der Waals surface area contributed by atoms with E-state index >= 15 is 0 Å². The Hall–Kier alpha value is -1.38. The van der Waals surface area contributed by atoms with Gasteiger partial charge in [0.15, 0.2) is 5.79 Å². The number of benzene rings is 1. The Morgan fingerprint density at radius 2 is 1.67 bits per heavy atom. The van der Waals surface area contributed by atoms with Crippen molar-refractivity contribution in [1.82, 2.24) is 0 Å². The molecule has 2 nitrogen and oxygen atoms in total. The van der Waals surface area contributed by atoms with Gasteiger partial charge in [-0.3, -0.25) is 0 Å². The zero-order valence-electron chi connectivity index (χ0n) is 13.4. The third-order valence-corrected chi connectivity index (χ3v) is 4.30. The minimum atomic E-state index is -1.78. The van der Waals surface area contributed by atoms with Crippen LogP contribution < -0.4 is 0 Å². The van der Waals surface area contributed by atoms with E-state index in [2.05, 4.69) is 38.1 Å². The van der Waals surface area contributed by atoms with Gasteiger partial charge in [0.1, 0.15) is 0 Å². The highest BCUT2D eigenvalue weighted by molar-refractivity contribution is 5.40. The molecule has 2 N–H and O–H groups in total. The molecule has 0 heterocycles. The average molecular weight is 286 g/mol. The Labute approximate surface area is 127 Å². The van der Waals surface area contributed by atoms with Gasteiger partial charge >= 0.3 is 0 Å². The summed E-state index contributed by atoms with van der Waals surface area (Å²) in [4.78, 5) is 0. The van der Waals surface area contributed by atoms with E-state index < -0.39 is 11.2 Å². The van der Waals surface area contributed by atoms with E-state index in [1.165, 1.54) is 17.2 Å². The summed E-state index contributed by atoms with van der Waals surface area (Å²) in [6.45, 7) is 8.15. The van der Waals surface area contributed by atoms with E-state index in [-0.39, 0.29) is 5.92 Å². The lowest BCUT2D eigenvalue weighted by Crippen LogP contribution is -2.43. The van der Waals surface area contributed by atoms with Crippen LogP contribution in [0.5, 0.6) is 0 Å². The summed E-state index contributed by atoms with van der Waals surface area (Å²) >= 11 is 0. The van der Waals surface area contributed by atoms with Gasteiger partial charge in [-0.2, -0.15) is 0 Å². The molecule has 1 aliphatic rings. The minimum Gasteiger partial charge on any atom is -0.362 e. The van der Waals surface area contributed by atoms with E-state index in [1.807, 2.05) is 32.1 Å². The van der Waals surface area contributed by atoms with Crippen LogP contribution in [0.3, 0.4) is 0 Å². The van der Waals surface area contributed by atoms with Crippen LogP contribution in [0.2, 0.25) is 0 Å². The quantitative estimate of drug-likeness (QED) is 0.821. The van der Waals surface area contributed by atoms with Crippen molar-refractivity contribution in [2.24, 2.45) is 11.3 Å². The molecule has 0 fully saturated rings. The van der Waals surface area contributed by atoms with Gasteiger partial charge in [0.05, 0.1) is 0 Å². The predicted octanol–water partition coefficient (Wildman–Crippen LogP) is 4.02. The summed E-state index contributed by atoms with van der Waals surface area (Å²) < 4.78 is 0. The lowest BCUT2D eigenvalue weighted by Gasteiger charge is -2.38. The molecule has 2 rings (SSSR count). The van der Waals surface area contributed by atoms with Gasteiger partial charge in [0, 0.05) is 11.3 Å². The maximum Gasteiger partial charge on any atom is 0.191 e. The lowest BCUT2D eigenvalue weighted by atomic mass is 9.73. The maximum atomic E-state index is 10.1. The molecule has 0 radical (unpaired) electrons. The lowest BCUT2D eigenvalue weighted by molar-refractivity contribution is -0.179. The molecule has 114 valence electrons. The van der Waals surface area contributed by atoms with Gasteiger partial charge in [-0.05, 0) is 29.6 Å². The molecule has 0 aromatic heterocycles. The third-order valence-electron chi connectivity index (χ3n) is 4.30. The Balaban J connectivity index is 2.40. The smallest absolute Gasteiger partial charge is 0.191 e. The molecule has 2 heteroatoms. The van der Waals surface area contributed by atoms with Crippen molar-refractivity contribution in [3.05, 3.63) is 59.7 Å². The average Bonchev–Trinajstić information content (AvgIpc) is 2.40. The van der Waals surface area contributed by atoms with E-state index in [9.17, 15) is 10.2 Å². The van der Waals surface area contributed by atoms with Crippen LogP contribution in [0.4, 0.5) is 0 Å². The van der Waals surface area contributed by atoms with E-state index in [4.69, 9.17) is 0 Å². The van der Waals surface area contributed by atoms with Crippen LogP contribution in [0.25, 0.3) is 0 Å². The molecule has 1 aliphatic carbocycles. The largest absolute Gasteiger partial charge is 0.362 e. The molecule has 1 aromatic rings. The van der Waals surface area contributed by atoms with Crippen molar-refractivity contribution >= 4 is 0 Å². The van der Waals surface area contributed by atoms with Gasteiger partial charge in [0.25, 0.3) is 0 Å². The molecule has 21 heavy (non-hydrogen) atoms. The number of allylic oxidation sites excluding steroid dienone is 2. The number of aliphatic hydroxyl groups is 2. The maximum absolute atomic E-state index is 10.1. The van der Waals surface area contributed by atoms with Crippen molar-refractivity contribution in [2.45, 2.75) is 45.8 Å². The van der Waals surface area contributed by atoms with E-state index in [0.717, 1.165) is 6.42 Å². The van der Waals surface area contributed by atoms with Crippen molar-refractivity contribution < 1.29 is 10.2 Å². The highest BCUT2D eigenvalue weighted by Gasteiger charge is 2.41. The summed E-state index contributed by atoms with van der Waals surface area (Å²) in [5.74, 6) is -0.921. The minimum absolute atomic E-state index is 0.290. The molecular formula is C19H26O2. The summed E-state index contributed by atoms with van der Waals surface area (Å²) in [7, 11) is 0. The van der Waals surface area contributed by atoms with Crippen molar-refractivity contribution in [1.29, 1.82) is 0 Å². The molecule has 1 aromatic carbocycles. The number of hydrogen-bond donors (Lipinski definition) is 2. The van der Waals surface area contributed by atoms with Crippen LogP contribution in [-0.4, -0.2) is 16.0 Å². The number of rotatable bonds is 4. The first-order chi connectivity index (χ1) is 9.73. The van der Waals surface area contributed by atoms with Crippen LogP contribution in [0.1, 0.15) is 45.6 Å². The highest BCUT2D eigenvalue weighted by Crippen LogP contribution is 2.42. The summed E-state index contributed by atoms with van der Waals surface area (Å²) in [5, 5.41) is 20.2. The molecule has 1 unspecified atom stereocenters. The van der Waals surface area contributed by atoms with Gasteiger partial charge in [-0.15, -0.1) is 0 Å². The summed E-state index contributed by atoms with van der Waals surface area (Å²) in [6, 6.07) is 10.4. The Morgan fingerprint density at radius 3 is 2.19 bits per heavy atom. The zero-order chi connectivity index (χ0) is 15.7. The summed E-state index contributed by atoms with van der Waals surface area (Å²) in [6.07, 6.45) is 6.43.